The number of thioether (sulfide) groups is 1. The quantitative estimate of drug-likeness (QED) is 0.446. The van der Waals surface area contributed by atoms with E-state index in [1.54, 1.807) is 11.8 Å². The number of hydrogen-bond donors (Lipinski definition) is 0. The number of amidine groups is 1. The van der Waals surface area contributed by atoms with Gasteiger partial charge in [-0.15, -0.1) is 0 Å². The van der Waals surface area contributed by atoms with Gasteiger partial charge in [0.15, 0.2) is 5.17 Å². The number of morpholine rings is 1. The molecule has 3 aromatic rings. The molecule has 0 spiro atoms. The van der Waals surface area contributed by atoms with Gasteiger partial charge >= 0.3 is 0 Å². The molecule has 2 aliphatic rings. The molecule has 5 rings (SSSR count). The lowest BCUT2D eigenvalue weighted by Gasteiger charge is -2.35. The fourth-order valence-electron chi connectivity index (χ4n) is 4.25. The molecule has 2 aliphatic heterocycles. The van der Waals surface area contributed by atoms with Crippen LogP contribution in [0.25, 0.3) is 23.0 Å². The van der Waals surface area contributed by atoms with Crippen molar-refractivity contribution >= 4 is 40.5 Å². The summed E-state index contributed by atoms with van der Waals surface area (Å²) in [6.45, 7) is 5.48. The Morgan fingerprint density at radius 2 is 1.89 bits per heavy atom. The molecule has 180 valence electrons. The van der Waals surface area contributed by atoms with Gasteiger partial charge in [0.05, 0.1) is 34.9 Å². The van der Waals surface area contributed by atoms with Crippen LogP contribution in [0.5, 0.6) is 5.75 Å². The molecule has 0 saturated carbocycles. The van der Waals surface area contributed by atoms with E-state index < -0.39 is 0 Å². The molecule has 7 nitrogen and oxygen atoms in total. The van der Waals surface area contributed by atoms with Crippen LogP contribution in [0, 0.1) is 0 Å². The number of rotatable bonds is 4. The lowest BCUT2D eigenvalue weighted by molar-refractivity contribution is -0.113. The second kappa shape index (κ2) is 9.89. The number of carbonyl (C=O) groups is 1. The average molecular weight is 509 g/mol. The first-order valence-electron chi connectivity index (χ1n) is 11.3. The van der Waals surface area contributed by atoms with Gasteiger partial charge in [-0.2, -0.15) is 10.1 Å². The highest BCUT2D eigenvalue weighted by molar-refractivity contribution is 8.18. The monoisotopic (exact) mass is 508 g/mol. The summed E-state index contributed by atoms with van der Waals surface area (Å²) in [6, 6.07) is 15.4. The first-order chi connectivity index (χ1) is 16.9. The normalized spacial score (nSPS) is 21.5. The van der Waals surface area contributed by atoms with Crippen molar-refractivity contribution < 1.29 is 14.3 Å². The topological polar surface area (TPSA) is 68.9 Å². The maximum Gasteiger partial charge on any atom is 0.286 e. The zero-order valence-corrected chi connectivity index (χ0v) is 21.2. The molecule has 9 heteroatoms. The highest BCUT2D eigenvalue weighted by Crippen LogP contribution is 2.36. The molecule has 35 heavy (non-hydrogen) atoms. The van der Waals surface area contributed by atoms with Crippen molar-refractivity contribution in [2.75, 3.05) is 20.2 Å². The third kappa shape index (κ3) is 5.00. The number of aromatic nitrogens is 2. The second-order valence-electron chi connectivity index (χ2n) is 8.53. The van der Waals surface area contributed by atoms with Gasteiger partial charge in [-0.25, -0.2) is 4.68 Å². The third-order valence-corrected chi connectivity index (χ3v) is 7.11. The standard InChI is InChI=1S/C26H25ClN4O3S/c1-16-13-30(14-17(2)34-16)26-28-25(32)23(35-26)12-19-15-31(20-7-5-4-6-8-20)29-24(19)18-9-10-22(33-3)21(27)11-18/h4-12,15-17H,13-14H2,1-3H3. The molecule has 0 radical (unpaired) electrons. The van der Waals surface area contributed by atoms with Gasteiger partial charge in [0.1, 0.15) is 11.4 Å². The third-order valence-electron chi connectivity index (χ3n) is 5.77. The van der Waals surface area contributed by atoms with Gasteiger partial charge in [-0.1, -0.05) is 29.8 Å². The maximum absolute atomic E-state index is 12.9. The van der Waals surface area contributed by atoms with Crippen molar-refractivity contribution in [1.82, 2.24) is 14.7 Å². The fourth-order valence-corrected chi connectivity index (χ4v) is 5.43. The summed E-state index contributed by atoms with van der Waals surface area (Å²) in [5, 5.41) is 6.04. The average Bonchev–Trinajstić information content (AvgIpc) is 3.43. The number of benzene rings is 2. The van der Waals surface area contributed by atoms with Crippen molar-refractivity contribution in [2.24, 2.45) is 4.99 Å². The SMILES string of the molecule is COc1ccc(-c2nn(-c3ccccc3)cc2C=C2SC(N3CC(C)OC(C)C3)=NC2=O)cc1Cl. The number of para-hydroxylation sites is 1. The lowest BCUT2D eigenvalue weighted by atomic mass is 10.1. The van der Waals surface area contributed by atoms with Gasteiger partial charge in [0.2, 0.25) is 0 Å². The number of halogens is 1. The summed E-state index contributed by atoms with van der Waals surface area (Å²) in [6.07, 6.45) is 3.94. The molecular formula is C26H25ClN4O3S. The van der Waals surface area contributed by atoms with Gasteiger partial charge in [0.25, 0.3) is 5.91 Å². The number of hydrogen-bond acceptors (Lipinski definition) is 6. The van der Waals surface area contributed by atoms with Crippen LogP contribution in [0.4, 0.5) is 0 Å². The molecule has 2 aromatic carbocycles. The molecule has 1 fully saturated rings. The summed E-state index contributed by atoms with van der Waals surface area (Å²) in [5.74, 6) is 0.342. The smallest absolute Gasteiger partial charge is 0.286 e. The minimum absolute atomic E-state index is 0.0840. The van der Waals surface area contributed by atoms with Crippen LogP contribution in [-0.4, -0.2) is 58.2 Å². The minimum Gasteiger partial charge on any atom is -0.495 e. The van der Waals surface area contributed by atoms with Crippen LogP contribution < -0.4 is 4.74 Å². The Labute approximate surface area is 213 Å². The van der Waals surface area contributed by atoms with Crippen LogP contribution in [0.2, 0.25) is 5.02 Å². The van der Waals surface area contributed by atoms with E-state index in [4.69, 9.17) is 26.2 Å². The molecule has 1 saturated heterocycles. The van der Waals surface area contributed by atoms with Crippen molar-refractivity contribution in [3.05, 3.63) is 70.2 Å². The molecule has 0 aliphatic carbocycles. The first kappa shape index (κ1) is 23.7. The number of aliphatic imine (C=N–C) groups is 1. The Hall–Kier alpha value is -3.07. The number of methoxy groups -OCH3 is 1. The van der Waals surface area contributed by atoms with Crippen molar-refractivity contribution in [3.63, 3.8) is 0 Å². The Morgan fingerprint density at radius 1 is 1.14 bits per heavy atom. The zero-order valence-electron chi connectivity index (χ0n) is 19.6. The minimum atomic E-state index is -0.247. The molecule has 1 amide bonds. The van der Waals surface area contributed by atoms with E-state index in [-0.39, 0.29) is 18.1 Å². The Balaban J connectivity index is 1.51. The molecule has 0 bridgehead atoms. The Morgan fingerprint density at radius 3 is 2.57 bits per heavy atom. The van der Waals surface area contributed by atoms with Gasteiger partial charge in [0, 0.05) is 30.4 Å². The molecular weight excluding hydrogens is 484 g/mol. The summed E-state index contributed by atoms with van der Waals surface area (Å²) in [7, 11) is 1.58. The number of ether oxygens (including phenoxy) is 2. The van der Waals surface area contributed by atoms with Crippen molar-refractivity contribution in [1.29, 1.82) is 0 Å². The maximum atomic E-state index is 12.9. The van der Waals surface area contributed by atoms with Crippen LogP contribution in [0.3, 0.4) is 0 Å². The second-order valence-corrected chi connectivity index (χ2v) is 9.95. The largest absolute Gasteiger partial charge is 0.495 e. The highest BCUT2D eigenvalue weighted by atomic mass is 35.5. The number of nitrogens with zero attached hydrogens (tertiary/aromatic N) is 4. The van der Waals surface area contributed by atoms with E-state index >= 15 is 0 Å². The summed E-state index contributed by atoms with van der Waals surface area (Å²) < 4.78 is 12.9. The number of carbonyl (C=O) groups excluding carboxylic acids is 1. The predicted octanol–water partition coefficient (Wildman–Crippen LogP) is 5.28. The zero-order chi connectivity index (χ0) is 24.5. The van der Waals surface area contributed by atoms with E-state index in [1.807, 2.05) is 74.7 Å². The summed E-state index contributed by atoms with van der Waals surface area (Å²) in [5.41, 5.74) is 3.24. The van der Waals surface area contributed by atoms with Crippen LogP contribution in [-0.2, 0) is 9.53 Å². The summed E-state index contributed by atoms with van der Waals surface area (Å²) in [4.78, 5) is 19.9. The van der Waals surface area contributed by atoms with Crippen LogP contribution >= 0.6 is 23.4 Å². The Kier molecular flexibility index (Phi) is 6.69. The van der Waals surface area contributed by atoms with Gasteiger partial charge in [-0.05, 0) is 62.0 Å². The molecule has 2 unspecified atom stereocenters. The highest BCUT2D eigenvalue weighted by Gasteiger charge is 2.31. The van der Waals surface area contributed by atoms with Crippen molar-refractivity contribution in [2.45, 2.75) is 26.1 Å². The van der Waals surface area contributed by atoms with Gasteiger partial charge < -0.3 is 14.4 Å². The molecule has 2 atom stereocenters. The fraction of sp³-hybridized carbons (Fsp3) is 0.269. The molecule has 1 aromatic heterocycles. The van der Waals surface area contributed by atoms with E-state index in [0.29, 0.717) is 39.6 Å². The molecule has 0 N–H and O–H groups in total. The molecule has 3 heterocycles. The Bertz CT molecular complexity index is 1310. The van der Waals surface area contributed by atoms with E-state index in [1.165, 1.54) is 11.8 Å². The van der Waals surface area contributed by atoms with E-state index in [2.05, 4.69) is 9.89 Å². The summed E-state index contributed by atoms with van der Waals surface area (Å²) >= 11 is 7.80. The lowest BCUT2D eigenvalue weighted by Crippen LogP contribution is -2.47. The van der Waals surface area contributed by atoms with Gasteiger partial charge in [-0.3, -0.25) is 4.79 Å². The van der Waals surface area contributed by atoms with E-state index in [9.17, 15) is 4.79 Å². The predicted molar refractivity (Wildman–Crippen MR) is 140 cm³/mol. The van der Waals surface area contributed by atoms with Crippen LogP contribution in [0.1, 0.15) is 19.4 Å². The first-order valence-corrected chi connectivity index (χ1v) is 12.5. The van der Waals surface area contributed by atoms with Crippen LogP contribution in [0.15, 0.2) is 64.6 Å². The number of amides is 1. The van der Waals surface area contributed by atoms with Crippen molar-refractivity contribution in [3.8, 4) is 22.7 Å². The van der Waals surface area contributed by atoms with E-state index in [0.717, 1.165) is 16.8 Å².